The normalized spacial score (nSPS) is 11.3. The van der Waals surface area contributed by atoms with Crippen LogP contribution >= 0.6 is 11.6 Å². The van der Waals surface area contributed by atoms with Crippen molar-refractivity contribution in [3.05, 3.63) is 64.2 Å². The highest BCUT2D eigenvalue weighted by molar-refractivity contribution is 6.35. The Morgan fingerprint density at radius 1 is 1.05 bits per heavy atom. The first kappa shape index (κ1) is 15.6. The molecule has 2 rings (SSSR count). The Kier molecular flexibility index (Phi) is 4.38. The van der Waals surface area contributed by atoms with E-state index in [4.69, 9.17) is 16.3 Å². The lowest BCUT2D eigenvalue weighted by Gasteiger charge is -2.21. The molecule has 0 aromatic heterocycles. The van der Waals surface area contributed by atoms with Crippen LogP contribution < -0.4 is 4.74 Å². The first-order valence-electron chi connectivity index (χ1n) is 6.82. The van der Waals surface area contributed by atoms with Gasteiger partial charge in [-0.05, 0) is 35.2 Å². The second kappa shape index (κ2) is 5.90. The van der Waals surface area contributed by atoms with Crippen LogP contribution in [0.5, 0.6) is 5.75 Å². The van der Waals surface area contributed by atoms with Gasteiger partial charge in [-0.15, -0.1) is 0 Å². The van der Waals surface area contributed by atoms with Crippen molar-refractivity contribution < 1.29 is 9.53 Å². The second-order valence-corrected chi connectivity index (χ2v) is 6.38. The molecule has 0 atom stereocenters. The highest BCUT2D eigenvalue weighted by Crippen LogP contribution is 2.30. The van der Waals surface area contributed by atoms with Crippen LogP contribution in [0.25, 0.3) is 0 Å². The van der Waals surface area contributed by atoms with Gasteiger partial charge >= 0.3 is 0 Å². The molecule has 0 fully saturated rings. The molecule has 0 unspecified atom stereocenters. The molecule has 0 bridgehead atoms. The maximum absolute atomic E-state index is 12.8. The average molecular weight is 303 g/mol. The standard InChI is InChI=1S/C18H19ClO2/c1-18(2,3)12-9-10-16(21-4)14(11-12)17(20)13-7-5-6-8-15(13)19/h5-11H,1-4H3. The van der Waals surface area contributed by atoms with Crippen LogP contribution in [-0.4, -0.2) is 12.9 Å². The highest BCUT2D eigenvalue weighted by Gasteiger charge is 2.21. The quantitative estimate of drug-likeness (QED) is 0.756. The number of carbonyl (C=O) groups is 1. The Hall–Kier alpha value is -1.80. The fraction of sp³-hybridized carbons (Fsp3) is 0.278. The second-order valence-electron chi connectivity index (χ2n) is 5.97. The molecule has 21 heavy (non-hydrogen) atoms. The molecule has 0 radical (unpaired) electrons. The van der Waals surface area contributed by atoms with E-state index < -0.39 is 0 Å². The Bertz CT molecular complexity index is 669. The van der Waals surface area contributed by atoms with E-state index in [2.05, 4.69) is 20.8 Å². The van der Waals surface area contributed by atoms with Crippen LogP contribution in [0.2, 0.25) is 5.02 Å². The monoisotopic (exact) mass is 302 g/mol. The summed E-state index contributed by atoms with van der Waals surface area (Å²) < 4.78 is 5.33. The summed E-state index contributed by atoms with van der Waals surface area (Å²) in [5.41, 5.74) is 2.07. The third kappa shape index (κ3) is 3.27. The van der Waals surface area contributed by atoms with E-state index in [1.807, 2.05) is 24.3 Å². The zero-order valence-electron chi connectivity index (χ0n) is 12.7. The maximum Gasteiger partial charge on any atom is 0.198 e. The summed E-state index contributed by atoms with van der Waals surface area (Å²) in [5, 5.41) is 0.450. The lowest BCUT2D eigenvalue weighted by molar-refractivity contribution is 0.103. The van der Waals surface area contributed by atoms with Gasteiger partial charge in [0.05, 0.1) is 17.7 Å². The molecule has 0 aliphatic rings. The SMILES string of the molecule is COc1ccc(C(C)(C)C)cc1C(=O)c1ccccc1Cl. The molecule has 0 heterocycles. The summed E-state index contributed by atoms with van der Waals surface area (Å²) in [6.07, 6.45) is 0. The van der Waals surface area contributed by atoms with Crippen LogP contribution in [0.3, 0.4) is 0 Å². The molecule has 0 saturated carbocycles. The highest BCUT2D eigenvalue weighted by atomic mass is 35.5. The number of carbonyl (C=O) groups excluding carboxylic acids is 1. The van der Waals surface area contributed by atoms with Crippen molar-refractivity contribution in [3.63, 3.8) is 0 Å². The Morgan fingerprint density at radius 3 is 2.29 bits per heavy atom. The average Bonchev–Trinajstić information content (AvgIpc) is 2.45. The minimum absolute atomic E-state index is 0.0399. The summed E-state index contributed by atoms with van der Waals surface area (Å²) in [6, 6.07) is 12.8. The van der Waals surface area contributed by atoms with E-state index >= 15 is 0 Å². The summed E-state index contributed by atoms with van der Waals surface area (Å²) >= 11 is 6.13. The fourth-order valence-electron chi connectivity index (χ4n) is 2.14. The molecule has 0 aliphatic carbocycles. The lowest BCUT2D eigenvalue weighted by atomic mass is 9.85. The van der Waals surface area contributed by atoms with Gasteiger partial charge in [0, 0.05) is 5.56 Å². The van der Waals surface area contributed by atoms with Gasteiger partial charge in [-0.1, -0.05) is 50.6 Å². The number of rotatable bonds is 3. The van der Waals surface area contributed by atoms with Crippen LogP contribution in [0.1, 0.15) is 42.3 Å². The molecule has 0 saturated heterocycles. The summed E-state index contributed by atoms with van der Waals surface area (Å²) in [7, 11) is 1.56. The first-order chi connectivity index (χ1) is 9.84. The van der Waals surface area contributed by atoms with Crippen LogP contribution in [-0.2, 0) is 5.41 Å². The van der Waals surface area contributed by atoms with Gasteiger partial charge in [0.1, 0.15) is 5.75 Å². The number of halogens is 1. The Balaban J connectivity index is 2.56. The number of ether oxygens (including phenoxy) is 1. The Morgan fingerprint density at radius 2 is 1.71 bits per heavy atom. The van der Waals surface area contributed by atoms with Crippen LogP contribution in [0.4, 0.5) is 0 Å². The minimum Gasteiger partial charge on any atom is -0.496 e. The van der Waals surface area contributed by atoms with Crippen LogP contribution in [0, 0.1) is 0 Å². The van der Waals surface area contributed by atoms with Crippen LogP contribution in [0.15, 0.2) is 42.5 Å². The smallest absolute Gasteiger partial charge is 0.198 e. The van der Waals surface area contributed by atoms with Gasteiger partial charge in [-0.2, -0.15) is 0 Å². The summed E-state index contributed by atoms with van der Waals surface area (Å²) in [5.74, 6) is 0.441. The largest absolute Gasteiger partial charge is 0.496 e. The van der Waals surface area contributed by atoms with Gasteiger partial charge in [-0.3, -0.25) is 4.79 Å². The van der Waals surface area contributed by atoms with E-state index in [0.717, 1.165) is 5.56 Å². The summed E-state index contributed by atoms with van der Waals surface area (Å²) in [6.45, 7) is 6.33. The van der Waals surface area contributed by atoms with Crippen molar-refractivity contribution in [2.45, 2.75) is 26.2 Å². The third-order valence-corrected chi connectivity index (χ3v) is 3.76. The molecular formula is C18H19ClO2. The zero-order valence-corrected chi connectivity index (χ0v) is 13.5. The molecule has 0 N–H and O–H groups in total. The number of benzene rings is 2. The molecule has 2 nitrogen and oxygen atoms in total. The molecule has 0 amide bonds. The van der Waals surface area contributed by atoms with Gasteiger partial charge in [0.25, 0.3) is 0 Å². The predicted molar refractivity (Wildman–Crippen MR) is 86.6 cm³/mol. The van der Waals surface area contributed by atoms with Crippen molar-refractivity contribution in [2.75, 3.05) is 7.11 Å². The summed E-state index contributed by atoms with van der Waals surface area (Å²) in [4.78, 5) is 12.8. The molecule has 0 spiro atoms. The van der Waals surface area contributed by atoms with Gasteiger partial charge in [0.15, 0.2) is 5.78 Å². The molecule has 2 aromatic carbocycles. The number of ketones is 1. The van der Waals surface area contributed by atoms with E-state index in [1.54, 1.807) is 25.3 Å². The topological polar surface area (TPSA) is 26.3 Å². The lowest BCUT2D eigenvalue weighted by Crippen LogP contribution is -2.13. The van der Waals surface area contributed by atoms with Gasteiger partial charge in [-0.25, -0.2) is 0 Å². The zero-order chi connectivity index (χ0) is 15.6. The number of methoxy groups -OCH3 is 1. The molecule has 0 aliphatic heterocycles. The van der Waals surface area contributed by atoms with E-state index in [1.165, 1.54) is 0 Å². The Labute approximate surface area is 130 Å². The number of hydrogen-bond donors (Lipinski definition) is 0. The molecular weight excluding hydrogens is 284 g/mol. The number of hydrogen-bond acceptors (Lipinski definition) is 2. The molecule has 110 valence electrons. The van der Waals surface area contributed by atoms with Crippen molar-refractivity contribution in [2.24, 2.45) is 0 Å². The fourth-order valence-corrected chi connectivity index (χ4v) is 2.36. The van der Waals surface area contributed by atoms with Crippen molar-refractivity contribution in [3.8, 4) is 5.75 Å². The van der Waals surface area contributed by atoms with Gasteiger partial charge in [0.2, 0.25) is 0 Å². The first-order valence-corrected chi connectivity index (χ1v) is 7.20. The van der Waals surface area contributed by atoms with Crippen molar-refractivity contribution in [1.29, 1.82) is 0 Å². The maximum atomic E-state index is 12.8. The molecule has 3 heteroatoms. The van der Waals surface area contributed by atoms with Crippen molar-refractivity contribution in [1.82, 2.24) is 0 Å². The van der Waals surface area contributed by atoms with Gasteiger partial charge < -0.3 is 4.74 Å². The minimum atomic E-state index is -0.122. The van der Waals surface area contributed by atoms with E-state index in [9.17, 15) is 4.79 Å². The van der Waals surface area contributed by atoms with E-state index in [-0.39, 0.29) is 11.2 Å². The predicted octanol–water partition coefficient (Wildman–Crippen LogP) is 4.88. The van der Waals surface area contributed by atoms with E-state index in [0.29, 0.717) is 21.9 Å². The van der Waals surface area contributed by atoms with Crippen molar-refractivity contribution >= 4 is 17.4 Å². The molecule has 2 aromatic rings. The third-order valence-electron chi connectivity index (χ3n) is 3.43.